The van der Waals surface area contributed by atoms with E-state index in [1.807, 2.05) is 37.4 Å². The van der Waals surface area contributed by atoms with Crippen molar-refractivity contribution in [3.05, 3.63) is 53.6 Å². The second-order valence-corrected chi connectivity index (χ2v) is 9.37. The van der Waals surface area contributed by atoms with Crippen molar-refractivity contribution in [2.75, 3.05) is 27.0 Å². The van der Waals surface area contributed by atoms with Gasteiger partial charge in [-0.05, 0) is 55.5 Å². The second kappa shape index (κ2) is 9.45. The van der Waals surface area contributed by atoms with E-state index in [0.717, 1.165) is 20.3 Å². The monoisotopic (exact) mass is 422 g/mol. The van der Waals surface area contributed by atoms with Crippen LogP contribution in [0.4, 0.5) is 0 Å². The number of nitrogens with one attached hydrogen (secondary N) is 1. The first-order valence-electron chi connectivity index (χ1n) is 8.73. The Balaban J connectivity index is 2.09. The van der Waals surface area contributed by atoms with Gasteiger partial charge < -0.3 is 10.1 Å². The summed E-state index contributed by atoms with van der Waals surface area (Å²) in [7, 11) is -1.06. The van der Waals surface area contributed by atoms with Gasteiger partial charge in [-0.2, -0.15) is 4.31 Å². The molecule has 0 bridgehead atoms. The first-order chi connectivity index (χ1) is 13.2. The summed E-state index contributed by atoms with van der Waals surface area (Å²) in [6, 6.07) is 12.6. The lowest BCUT2D eigenvalue weighted by Crippen LogP contribution is -2.39. The molecular weight excluding hydrogens is 396 g/mol. The summed E-state index contributed by atoms with van der Waals surface area (Å²) < 4.78 is 32.0. The van der Waals surface area contributed by atoms with Crippen molar-refractivity contribution in [2.24, 2.45) is 0 Å². The predicted molar refractivity (Wildman–Crippen MR) is 112 cm³/mol. The summed E-state index contributed by atoms with van der Waals surface area (Å²) in [6.45, 7) is 3.38. The van der Waals surface area contributed by atoms with Gasteiger partial charge in [0.2, 0.25) is 15.9 Å². The van der Waals surface area contributed by atoms with Crippen LogP contribution in [0.25, 0.3) is 0 Å². The minimum Gasteiger partial charge on any atom is -0.495 e. The highest BCUT2D eigenvalue weighted by molar-refractivity contribution is 7.98. The quantitative estimate of drug-likeness (QED) is 0.661. The van der Waals surface area contributed by atoms with Gasteiger partial charge in [-0.3, -0.25) is 4.79 Å². The van der Waals surface area contributed by atoms with E-state index in [1.165, 1.54) is 14.2 Å². The van der Waals surface area contributed by atoms with Crippen LogP contribution in [0.1, 0.15) is 24.1 Å². The normalized spacial score (nSPS) is 12.6. The maximum absolute atomic E-state index is 12.9. The molecule has 2 aromatic rings. The van der Waals surface area contributed by atoms with Crippen LogP contribution in [-0.2, 0) is 14.8 Å². The smallest absolute Gasteiger partial charge is 0.246 e. The lowest BCUT2D eigenvalue weighted by molar-refractivity contribution is -0.121. The number of hydrogen-bond donors (Lipinski definition) is 1. The predicted octanol–water partition coefficient (Wildman–Crippen LogP) is 3.22. The fourth-order valence-corrected chi connectivity index (χ4v) is 4.48. The van der Waals surface area contributed by atoms with Gasteiger partial charge in [0.15, 0.2) is 0 Å². The van der Waals surface area contributed by atoms with Crippen molar-refractivity contribution in [1.29, 1.82) is 0 Å². The number of aryl methyl sites for hydroxylation is 1. The Bertz CT molecular complexity index is 928. The van der Waals surface area contributed by atoms with E-state index < -0.39 is 10.0 Å². The lowest BCUT2D eigenvalue weighted by atomic mass is 10.1. The topological polar surface area (TPSA) is 75.7 Å². The minimum absolute atomic E-state index is 0.0472. The van der Waals surface area contributed by atoms with Crippen LogP contribution < -0.4 is 10.1 Å². The van der Waals surface area contributed by atoms with E-state index in [0.29, 0.717) is 0 Å². The standard InChI is InChI=1S/C20H26N2O4S2/c1-14-6-11-18(26-4)19(12-14)28(24,25)22(3)13-20(23)21-15(2)16-7-9-17(27-5)10-8-16/h6-12,15H,13H2,1-5H3,(H,21,23). The van der Waals surface area contributed by atoms with E-state index in [2.05, 4.69) is 5.32 Å². The molecule has 2 rings (SSSR count). The third-order valence-electron chi connectivity index (χ3n) is 4.37. The summed E-state index contributed by atoms with van der Waals surface area (Å²) >= 11 is 1.65. The highest BCUT2D eigenvalue weighted by Gasteiger charge is 2.27. The summed E-state index contributed by atoms with van der Waals surface area (Å²) in [5.41, 5.74) is 1.75. The SMILES string of the molecule is COc1ccc(C)cc1S(=O)(=O)N(C)CC(=O)NC(C)c1ccc(SC)cc1. The molecule has 8 heteroatoms. The number of sulfonamides is 1. The summed E-state index contributed by atoms with van der Waals surface area (Å²) in [6.07, 6.45) is 2.00. The van der Waals surface area contributed by atoms with Crippen LogP contribution in [0, 0.1) is 6.92 Å². The number of carbonyl (C=O) groups is 1. The number of methoxy groups -OCH3 is 1. The van der Waals surface area contributed by atoms with E-state index in [-0.39, 0.29) is 29.1 Å². The molecule has 152 valence electrons. The number of thioether (sulfide) groups is 1. The number of carbonyl (C=O) groups excluding carboxylic acids is 1. The Hall–Kier alpha value is -2.03. The maximum Gasteiger partial charge on any atom is 0.246 e. The molecule has 1 atom stereocenters. The van der Waals surface area contributed by atoms with Gasteiger partial charge in [0.05, 0.1) is 19.7 Å². The zero-order valence-corrected chi connectivity index (χ0v) is 18.4. The van der Waals surface area contributed by atoms with Gasteiger partial charge in [-0.15, -0.1) is 11.8 Å². The van der Waals surface area contributed by atoms with Gasteiger partial charge in [0.25, 0.3) is 0 Å². The van der Waals surface area contributed by atoms with Crippen LogP contribution >= 0.6 is 11.8 Å². The highest BCUT2D eigenvalue weighted by Crippen LogP contribution is 2.27. The van der Waals surface area contributed by atoms with E-state index in [9.17, 15) is 13.2 Å². The van der Waals surface area contributed by atoms with Crippen molar-refractivity contribution in [3.8, 4) is 5.75 Å². The van der Waals surface area contributed by atoms with Crippen molar-refractivity contribution >= 4 is 27.7 Å². The molecule has 2 aromatic carbocycles. The van der Waals surface area contributed by atoms with Crippen LogP contribution in [0.5, 0.6) is 5.75 Å². The molecule has 0 saturated carbocycles. The van der Waals surface area contributed by atoms with Crippen molar-refractivity contribution in [2.45, 2.75) is 29.7 Å². The molecule has 6 nitrogen and oxygen atoms in total. The molecule has 0 aliphatic heterocycles. The Morgan fingerprint density at radius 1 is 1.21 bits per heavy atom. The van der Waals surface area contributed by atoms with Crippen molar-refractivity contribution in [3.63, 3.8) is 0 Å². The van der Waals surface area contributed by atoms with Crippen LogP contribution in [0.2, 0.25) is 0 Å². The van der Waals surface area contributed by atoms with E-state index >= 15 is 0 Å². The first kappa shape index (κ1) is 22.3. The van der Waals surface area contributed by atoms with Gasteiger partial charge >= 0.3 is 0 Å². The summed E-state index contributed by atoms with van der Waals surface area (Å²) in [5.74, 6) is -0.126. The summed E-state index contributed by atoms with van der Waals surface area (Å²) in [5, 5.41) is 2.84. The van der Waals surface area contributed by atoms with Gasteiger partial charge in [-0.1, -0.05) is 18.2 Å². The molecule has 28 heavy (non-hydrogen) atoms. The van der Waals surface area contributed by atoms with Crippen molar-refractivity contribution < 1.29 is 17.9 Å². The lowest BCUT2D eigenvalue weighted by Gasteiger charge is -2.20. The molecule has 0 heterocycles. The first-order valence-corrected chi connectivity index (χ1v) is 11.4. The Kier molecular flexibility index (Phi) is 7.51. The average molecular weight is 423 g/mol. The van der Waals surface area contributed by atoms with E-state index in [4.69, 9.17) is 4.74 Å². The number of hydrogen-bond acceptors (Lipinski definition) is 5. The number of benzene rings is 2. The van der Waals surface area contributed by atoms with Gasteiger partial charge in [0.1, 0.15) is 10.6 Å². The molecule has 0 aliphatic rings. The fourth-order valence-electron chi connectivity index (χ4n) is 2.70. The molecule has 0 radical (unpaired) electrons. The third kappa shape index (κ3) is 5.27. The van der Waals surface area contributed by atoms with Crippen LogP contribution in [0.3, 0.4) is 0 Å². The molecule has 0 spiro atoms. The Morgan fingerprint density at radius 2 is 1.86 bits per heavy atom. The average Bonchev–Trinajstić information content (AvgIpc) is 2.67. The number of rotatable bonds is 8. The number of likely N-dealkylation sites (N-methyl/N-ethyl adjacent to an activating group) is 1. The number of ether oxygens (including phenoxy) is 1. The Morgan fingerprint density at radius 3 is 2.43 bits per heavy atom. The Labute approximate surface area is 171 Å². The summed E-state index contributed by atoms with van der Waals surface area (Å²) in [4.78, 5) is 13.6. The molecule has 1 unspecified atom stereocenters. The molecule has 0 aromatic heterocycles. The third-order valence-corrected chi connectivity index (χ3v) is 6.94. The van der Waals surface area contributed by atoms with E-state index in [1.54, 1.807) is 36.9 Å². The molecule has 1 N–H and O–H groups in total. The molecule has 0 aliphatic carbocycles. The fraction of sp³-hybridized carbons (Fsp3) is 0.350. The zero-order chi connectivity index (χ0) is 20.9. The van der Waals surface area contributed by atoms with Crippen LogP contribution in [-0.4, -0.2) is 45.6 Å². The van der Waals surface area contributed by atoms with Gasteiger partial charge in [-0.25, -0.2) is 8.42 Å². The second-order valence-electron chi connectivity index (χ2n) is 6.48. The maximum atomic E-state index is 12.9. The number of nitrogens with zero attached hydrogens (tertiary/aromatic N) is 1. The molecule has 1 amide bonds. The zero-order valence-electron chi connectivity index (χ0n) is 16.7. The van der Waals surface area contributed by atoms with Crippen molar-refractivity contribution in [1.82, 2.24) is 9.62 Å². The largest absolute Gasteiger partial charge is 0.495 e. The molecule has 0 saturated heterocycles. The molecular formula is C20H26N2O4S2. The number of amides is 1. The highest BCUT2D eigenvalue weighted by atomic mass is 32.2. The minimum atomic E-state index is -3.86. The molecule has 0 fully saturated rings. The van der Waals surface area contributed by atoms with Gasteiger partial charge in [0, 0.05) is 11.9 Å². The van der Waals surface area contributed by atoms with Crippen LogP contribution in [0.15, 0.2) is 52.3 Å².